The van der Waals surface area contributed by atoms with Gasteiger partial charge < -0.3 is 4.57 Å². The minimum atomic E-state index is 0.227. The molecule has 1 rings (SSSR count). The molecule has 66 valence electrons. The Kier molecular flexibility index (Phi) is 3.09. The van der Waals surface area contributed by atoms with Crippen molar-refractivity contribution in [3.8, 4) is 0 Å². The van der Waals surface area contributed by atoms with Crippen LogP contribution in [0.15, 0.2) is 18.5 Å². The number of carbonyl (C=O) groups excluding carboxylic acids is 1. The standard InChI is InChI=1S/C10H15NO/c1-3-6-11-7-5-9(8-11)10(12)4-2/h5,7-8H,3-4,6H2,1-2H3. The van der Waals surface area contributed by atoms with Gasteiger partial charge in [0, 0.05) is 30.9 Å². The smallest absolute Gasteiger partial charge is 0.164 e. The normalized spacial score (nSPS) is 10.2. The molecule has 0 amide bonds. The number of hydrogen-bond acceptors (Lipinski definition) is 1. The Bertz CT molecular complexity index is 263. The first-order chi connectivity index (χ1) is 5.77. The third-order valence-corrected chi connectivity index (χ3v) is 1.88. The van der Waals surface area contributed by atoms with Gasteiger partial charge in [0.15, 0.2) is 5.78 Å². The molecular weight excluding hydrogens is 150 g/mol. The predicted octanol–water partition coefficient (Wildman–Crippen LogP) is 2.49. The molecule has 0 saturated carbocycles. The van der Waals surface area contributed by atoms with Gasteiger partial charge in [-0.1, -0.05) is 13.8 Å². The van der Waals surface area contributed by atoms with Crippen LogP contribution in [-0.2, 0) is 6.54 Å². The molecule has 0 bridgehead atoms. The van der Waals surface area contributed by atoms with E-state index in [1.807, 2.05) is 25.4 Å². The van der Waals surface area contributed by atoms with Crippen molar-refractivity contribution in [2.45, 2.75) is 33.2 Å². The molecule has 0 aliphatic rings. The SMILES string of the molecule is CCCn1ccc(C(=O)CC)c1. The van der Waals surface area contributed by atoms with Crippen molar-refractivity contribution < 1.29 is 4.79 Å². The van der Waals surface area contributed by atoms with Gasteiger partial charge in [-0.3, -0.25) is 4.79 Å². The molecule has 0 aliphatic heterocycles. The Morgan fingerprint density at radius 1 is 1.50 bits per heavy atom. The molecule has 0 saturated heterocycles. The van der Waals surface area contributed by atoms with Crippen LogP contribution in [0.4, 0.5) is 0 Å². The zero-order valence-corrected chi connectivity index (χ0v) is 7.71. The monoisotopic (exact) mass is 165 g/mol. The second-order valence-corrected chi connectivity index (χ2v) is 2.91. The fraction of sp³-hybridized carbons (Fsp3) is 0.500. The van der Waals surface area contributed by atoms with Crippen LogP contribution >= 0.6 is 0 Å². The van der Waals surface area contributed by atoms with E-state index in [2.05, 4.69) is 11.5 Å². The quantitative estimate of drug-likeness (QED) is 0.628. The Labute approximate surface area is 73.2 Å². The molecule has 0 fully saturated rings. The highest BCUT2D eigenvalue weighted by atomic mass is 16.1. The Balaban J connectivity index is 2.70. The molecule has 1 aromatic rings. The summed E-state index contributed by atoms with van der Waals surface area (Å²) < 4.78 is 2.06. The Morgan fingerprint density at radius 2 is 2.25 bits per heavy atom. The van der Waals surface area contributed by atoms with Crippen molar-refractivity contribution in [1.82, 2.24) is 4.57 Å². The van der Waals surface area contributed by atoms with Gasteiger partial charge in [-0.25, -0.2) is 0 Å². The number of aromatic nitrogens is 1. The summed E-state index contributed by atoms with van der Waals surface area (Å²) in [5.41, 5.74) is 0.839. The highest BCUT2D eigenvalue weighted by molar-refractivity contribution is 5.95. The molecule has 0 unspecified atom stereocenters. The molecule has 2 nitrogen and oxygen atoms in total. The van der Waals surface area contributed by atoms with E-state index < -0.39 is 0 Å². The molecule has 0 atom stereocenters. The van der Waals surface area contributed by atoms with Crippen LogP contribution in [0.1, 0.15) is 37.0 Å². The third kappa shape index (κ3) is 1.97. The number of aryl methyl sites for hydroxylation is 1. The van der Waals surface area contributed by atoms with Crippen molar-refractivity contribution >= 4 is 5.78 Å². The zero-order valence-electron chi connectivity index (χ0n) is 7.71. The summed E-state index contributed by atoms with van der Waals surface area (Å²) in [4.78, 5) is 11.2. The van der Waals surface area contributed by atoms with Gasteiger partial charge in [-0.15, -0.1) is 0 Å². The minimum absolute atomic E-state index is 0.227. The van der Waals surface area contributed by atoms with Crippen LogP contribution in [0.2, 0.25) is 0 Å². The van der Waals surface area contributed by atoms with Crippen molar-refractivity contribution in [3.05, 3.63) is 24.0 Å². The van der Waals surface area contributed by atoms with Gasteiger partial charge in [-0.2, -0.15) is 0 Å². The fourth-order valence-corrected chi connectivity index (χ4v) is 1.21. The van der Waals surface area contributed by atoms with Crippen LogP contribution in [0.3, 0.4) is 0 Å². The molecule has 0 spiro atoms. The van der Waals surface area contributed by atoms with E-state index in [-0.39, 0.29) is 5.78 Å². The van der Waals surface area contributed by atoms with E-state index in [9.17, 15) is 4.79 Å². The van der Waals surface area contributed by atoms with Crippen LogP contribution < -0.4 is 0 Å². The van der Waals surface area contributed by atoms with E-state index >= 15 is 0 Å². The van der Waals surface area contributed by atoms with Crippen molar-refractivity contribution in [2.75, 3.05) is 0 Å². The highest BCUT2D eigenvalue weighted by Gasteiger charge is 2.03. The summed E-state index contributed by atoms with van der Waals surface area (Å²) in [7, 11) is 0. The van der Waals surface area contributed by atoms with E-state index in [1.165, 1.54) is 0 Å². The minimum Gasteiger partial charge on any atom is -0.354 e. The number of nitrogens with zero attached hydrogens (tertiary/aromatic N) is 1. The average molecular weight is 165 g/mol. The van der Waals surface area contributed by atoms with Crippen LogP contribution in [0, 0.1) is 0 Å². The van der Waals surface area contributed by atoms with E-state index in [0.717, 1.165) is 18.5 Å². The number of ketones is 1. The first kappa shape index (κ1) is 9.04. The van der Waals surface area contributed by atoms with Gasteiger partial charge in [0.1, 0.15) is 0 Å². The molecule has 0 aromatic carbocycles. The average Bonchev–Trinajstić information content (AvgIpc) is 2.52. The number of rotatable bonds is 4. The van der Waals surface area contributed by atoms with Gasteiger partial charge in [0.25, 0.3) is 0 Å². The zero-order chi connectivity index (χ0) is 8.97. The molecule has 0 radical (unpaired) electrons. The van der Waals surface area contributed by atoms with Crippen LogP contribution in [0.25, 0.3) is 0 Å². The first-order valence-corrected chi connectivity index (χ1v) is 4.47. The van der Waals surface area contributed by atoms with E-state index in [4.69, 9.17) is 0 Å². The topological polar surface area (TPSA) is 22.0 Å². The Hall–Kier alpha value is -1.05. The van der Waals surface area contributed by atoms with Gasteiger partial charge in [-0.05, 0) is 12.5 Å². The first-order valence-electron chi connectivity index (χ1n) is 4.47. The molecular formula is C10H15NO. The Morgan fingerprint density at radius 3 is 2.83 bits per heavy atom. The van der Waals surface area contributed by atoms with Crippen molar-refractivity contribution in [3.63, 3.8) is 0 Å². The lowest BCUT2D eigenvalue weighted by Crippen LogP contribution is -1.95. The van der Waals surface area contributed by atoms with E-state index in [1.54, 1.807) is 0 Å². The lowest BCUT2D eigenvalue weighted by Gasteiger charge is -1.96. The number of Topliss-reactive ketones (excluding diaryl/α,β-unsaturated/α-hetero) is 1. The summed E-state index contributed by atoms with van der Waals surface area (Å²) in [5.74, 6) is 0.227. The summed E-state index contributed by atoms with van der Waals surface area (Å²) in [6, 6.07) is 1.89. The fourth-order valence-electron chi connectivity index (χ4n) is 1.21. The molecule has 2 heteroatoms. The summed E-state index contributed by atoms with van der Waals surface area (Å²) in [6.45, 7) is 5.01. The molecule has 1 heterocycles. The maximum Gasteiger partial charge on any atom is 0.164 e. The van der Waals surface area contributed by atoms with Gasteiger partial charge >= 0.3 is 0 Å². The number of hydrogen-bond donors (Lipinski definition) is 0. The lowest BCUT2D eigenvalue weighted by molar-refractivity contribution is 0.0988. The predicted molar refractivity (Wildman–Crippen MR) is 49.3 cm³/mol. The second-order valence-electron chi connectivity index (χ2n) is 2.91. The van der Waals surface area contributed by atoms with Crippen LogP contribution in [0.5, 0.6) is 0 Å². The summed E-state index contributed by atoms with van der Waals surface area (Å²) in [5, 5.41) is 0. The van der Waals surface area contributed by atoms with Crippen LogP contribution in [-0.4, -0.2) is 10.4 Å². The molecule has 12 heavy (non-hydrogen) atoms. The summed E-state index contributed by atoms with van der Waals surface area (Å²) >= 11 is 0. The largest absolute Gasteiger partial charge is 0.354 e. The maximum atomic E-state index is 11.2. The second kappa shape index (κ2) is 4.10. The van der Waals surface area contributed by atoms with Crippen molar-refractivity contribution in [2.24, 2.45) is 0 Å². The van der Waals surface area contributed by atoms with Gasteiger partial charge in [0.05, 0.1) is 0 Å². The highest BCUT2D eigenvalue weighted by Crippen LogP contribution is 2.05. The van der Waals surface area contributed by atoms with Crippen molar-refractivity contribution in [1.29, 1.82) is 0 Å². The summed E-state index contributed by atoms with van der Waals surface area (Å²) in [6.07, 6.45) is 5.59. The third-order valence-electron chi connectivity index (χ3n) is 1.88. The van der Waals surface area contributed by atoms with E-state index in [0.29, 0.717) is 6.42 Å². The molecule has 0 aliphatic carbocycles. The van der Waals surface area contributed by atoms with Gasteiger partial charge in [0.2, 0.25) is 0 Å². The lowest BCUT2D eigenvalue weighted by atomic mass is 10.2. The molecule has 1 aromatic heterocycles. The maximum absolute atomic E-state index is 11.2. The number of carbonyl (C=O) groups is 1. The molecule has 0 N–H and O–H groups in total.